The van der Waals surface area contributed by atoms with Gasteiger partial charge in [-0.15, -0.1) is 0 Å². The van der Waals surface area contributed by atoms with Crippen LogP contribution in [0.5, 0.6) is 0 Å². The maximum atomic E-state index is 12.5. The number of hydrogen-bond acceptors (Lipinski definition) is 2. The molecule has 1 aromatic heterocycles. The van der Waals surface area contributed by atoms with Gasteiger partial charge in [0.25, 0.3) is 6.43 Å². The number of carboxylic acid groups (broad SMARTS) is 1. The summed E-state index contributed by atoms with van der Waals surface area (Å²) in [4.78, 5) is 14.3. The van der Waals surface area contributed by atoms with E-state index in [1.54, 1.807) is 0 Å². The Morgan fingerprint density at radius 3 is 2.67 bits per heavy atom. The summed E-state index contributed by atoms with van der Waals surface area (Å²) >= 11 is 8.49. The summed E-state index contributed by atoms with van der Waals surface area (Å²) in [5.41, 5.74) is -0.866. The minimum absolute atomic E-state index is 0.185. The fourth-order valence-corrected chi connectivity index (χ4v) is 1.52. The number of halogens is 4. The second-order valence-electron chi connectivity index (χ2n) is 2.60. The van der Waals surface area contributed by atoms with Crippen LogP contribution in [0.25, 0.3) is 0 Å². The van der Waals surface area contributed by atoms with Gasteiger partial charge in [0.2, 0.25) is 0 Å². The first-order valence-corrected chi connectivity index (χ1v) is 5.24. The van der Waals surface area contributed by atoms with Crippen molar-refractivity contribution in [2.75, 3.05) is 0 Å². The predicted molar refractivity (Wildman–Crippen MR) is 53.8 cm³/mol. The van der Waals surface area contributed by atoms with E-state index in [4.69, 9.17) is 16.7 Å². The highest BCUT2D eigenvalue weighted by molar-refractivity contribution is 9.08. The maximum Gasteiger partial charge on any atom is 0.356 e. The summed E-state index contributed by atoms with van der Waals surface area (Å²) in [6.07, 6.45) is -2.82. The molecular formula is C8H5BrClF2NO2. The third-order valence-corrected chi connectivity index (χ3v) is 2.59. The van der Waals surface area contributed by atoms with E-state index in [9.17, 15) is 13.6 Å². The molecule has 0 aliphatic carbocycles. The quantitative estimate of drug-likeness (QED) is 0.872. The molecule has 0 saturated carbocycles. The summed E-state index contributed by atoms with van der Waals surface area (Å²) in [5, 5.41) is 8.36. The van der Waals surface area contributed by atoms with E-state index in [-0.39, 0.29) is 11.0 Å². The molecule has 1 rings (SSSR count). The summed E-state index contributed by atoms with van der Waals surface area (Å²) in [6.45, 7) is 0. The number of hydrogen-bond donors (Lipinski definition) is 1. The second kappa shape index (κ2) is 4.85. The molecule has 82 valence electrons. The molecular weight excluding hydrogens is 295 g/mol. The Bertz CT molecular complexity index is 400. The summed E-state index contributed by atoms with van der Waals surface area (Å²) in [5.74, 6) is -1.43. The molecule has 0 amide bonds. The number of pyridine rings is 1. The van der Waals surface area contributed by atoms with Crippen molar-refractivity contribution in [3.8, 4) is 0 Å². The van der Waals surface area contributed by atoms with Crippen molar-refractivity contribution in [2.24, 2.45) is 0 Å². The highest BCUT2D eigenvalue weighted by Gasteiger charge is 2.21. The monoisotopic (exact) mass is 299 g/mol. The Kier molecular flexibility index (Phi) is 3.98. The fraction of sp³-hybridized carbons (Fsp3) is 0.250. The van der Waals surface area contributed by atoms with Crippen molar-refractivity contribution in [2.45, 2.75) is 11.8 Å². The Balaban J connectivity index is 3.40. The lowest BCUT2D eigenvalue weighted by Crippen LogP contribution is -2.06. The van der Waals surface area contributed by atoms with Crippen LogP contribution in [0, 0.1) is 0 Å². The van der Waals surface area contributed by atoms with Crippen molar-refractivity contribution >= 4 is 33.5 Å². The molecule has 0 radical (unpaired) electrons. The van der Waals surface area contributed by atoms with E-state index in [1.807, 2.05) is 0 Å². The average Bonchev–Trinajstić information content (AvgIpc) is 2.17. The number of aromatic carboxylic acids is 1. The van der Waals surface area contributed by atoms with Gasteiger partial charge >= 0.3 is 5.97 Å². The van der Waals surface area contributed by atoms with E-state index in [2.05, 4.69) is 20.9 Å². The van der Waals surface area contributed by atoms with Crippen LogP contribution < -0.4 is 0 Å². The largest absolute Gasteiger partial charge is 0.476 e. The normalized spacial score (nSPS) is 10.7. The van der Waals surface area contributed by atoms with E-state index in [0.717, 1.165) is 6.07 Å². The number of aromatic nitrogens is 1. The van der Waals surface area contributed by atoms with E-state index in [1.165, 1.54) is 0 Å². The predicted octanol–water partition coefficient (Wildman–Crippen LogP) is 3.27. The fourth-order valence-electron chi connectivity index (χ4n) is 0.973. The van der Waals surface area contributed by atoms with Crippen LogP contribution in [-0.2, 0) is 5.33 Å². The summed E-state index contributed by atoms with van der Waals surface area (Å²) < 4.78 is 24.9. The van der Waals surface area contributed by atoms with Gasteiger partial charge in [-0.05, 0) is 6.07 Å². The number of carboxylic acids is 1. The van der Waals surface area contributed by atoms with Crippen molar-refractivity contribution < 1.29 is 18.7 Å². The lowest BCUT2D eigenvalue weighted by Gasteiger charge is -2.07. The highest BCUT2D eigenvalue weighted by atomic mass is 79.9. The molecule has 0 aromatic carbocycles. The molecule has 0 spiro atoms. The van der Waals surface area contributed by atoms with Crippen molar-refractivity contribution in [3.63, 3.8) is 0 Å². The zero-order valence-corrected chi connectivity index (χ0v) is 9.52. The minimum Gasteiger partial charge on any atom is -0.476 e. The summed E-state index contributed by atoms with van der Waals surface area (Å²) in [7, 11) is 0. The van der Waals surface area contributed by atoms with Crippen molar-refractivity contribution in [1.82, 2.24) is 4.98 Å². The molecule has 0 fully saturated rings. The van der Waals surface area contributed by atoms with Crippen LogP contribution in [0.4, 0.5) is 8.78 Å². The van der Waals surface area contributed by atoms with Crippen LogP contribution in [0.2, 0.25) is 5.02 Å². The molecule has 1 N–H and O–H groups in total. The summed E-state index contributed by atoms with van der Waals surface area (Å²) in [6, 6.07) is 1.08. The number of carbonyl (C=O) groups is 1. The Morgan fingerprint density at radius 2 is 2.27 bits per heavy atom. The zero-order valence-electron chi connectivity index (χ0n) is 7.18. The lowest BCUT2D eigenvalue weighted by molar-refractivity contribution is 0.0690. The van der Waals surface area contributed by atoms with Gasteiger partial charge in [-0.1, -0.05) is 27.5 Å². The minimum atomic E-state index is -2.82. The first-order chi connectivity index (χ1) is 6.97. The number of rotatable bonds is 3. The molecule has 3 nitrogen and oxygen atoms in total. The topological polar surface area (TPSA) is 50.2 Å². The second-order valence-corrected chi connectivity index (χ2v) is 3.54. The molecule has 15 heavy (non-hydrogen) atoms. The molecule has 1 aromatic rings. The van der Waals surface area contributed by atoms with Gasteiger partial charge in [-0.3, -0.25) is 0 Å². The van der Waals surface area contributed by atoms with Crippen LogP contribution in [0.1, 0.15) is 28.2 Å². The van der Waals surface area contributed by atoms with Gasteiger partial charge in [0, 0.05) is 10.9 Å². The first-order valence-electron chi connectivity index (χ1n) is 3.74. The van der Waals surface area contributed by atoms with Gasteiger partial charge in [0.15, 0.2) is 5.69 Å². The standard InChI is InChI=1S/C8H5BrClF2NO2/c9-2-3-1-4(7(11)12)5(10)6(13-3)8(14)15/h1,7H,2H2,(H,14,15). The number of nitrogens with zero attached hydrogens (tertiary/aromatic N) is 1. The van der Waals surface area contributed by atoms with Gasteiger partial charge in [0.1, 0.15) is 0 Å². The molecule has 0 aliphatic rings. The lowest BCUT2D eigenvalue weighted by atomic mass is 10.2. The number of alkyl halides is 3. The Hall–Kier alpha value is -0.750. The van der Waals surface area contributed by atoms with Crippen LogP contribution in [-0.4, -0.2) is 16.1 Å². The van der Waals surface area contributed by atoms with Gasteiger partial charge in [-0.25, -0.2) is 18.6 Å². The van der Waals surface area contributed by atoms with Crippen LogP contribution in [0.3, 0.4) is 0 Å². The molecule has 0 aliphatic heterocycles. The van der Waals surface area contributed by atoms with E-state index in [0.29, 0.717) is 0 Å². The Labute approximate surface area is 97.2 Å². The van der Waals surface area contributed by atoms with Crippen LogP contribution in [0.15, 0.2) is 6.07 Å². The third-order valence-electron chi connectivity index (χ3n) is 1.61. The smallest absolute Gasteiger partial charge is 0.356 e. The molecule has 0 bridgehead atoms. The maximum absolute atomic E-state index is 12.5. The van der Waals surface area contributed by atoms with Gasteiger partial charge in [-0.2, -0.15) is 0 Å². The molecule has 0 saturated heterocycles. The third kappa shape index (κ3) is 2.63. The zero-order chi connectivity index (χ0) is 11.6. The van der Waals surface area contributed by atoms with E-state index >= 15 is 0 Å². The Morgan fingerprint density at radius 1 is 1.67 bits per heavy atom. The molecule has 1 heterocycles. The van der Waals surface area contributed by atoms with Gasteiger partial charge < -0.3 is 5.11 Å². The van der Waals surface area contributed by atoms with Crippen molar-refractivity contribution in [3.05, 3.63) is 28.0 Å². The van der Waals surface area contributed by atoms with E-state index < -0.39 is 28.7 Å². The molecule has 0 unspecified atom stereocenters. The SMILES string of the molecule is O=C(O)c1nc(CBr)cc(C(F)F)c1Cl. The van der Waals surface area contributed by atoms with Gasteiger partial charge in [0.05, 0.1) is 10.7 Å². The molecule has 7 heteroatoms. The highest BCUT2D eigenvalue weighted by Crippen LogP contribution is 2.30. The first kappa shape index (κ1) is 12.3. The van der Waals surface area contributed by atoms with Crippen LogP contribution >= 0.6 is 27.5 Å². The average molecular weight is 300 g/mol. The van der Waals surface area contributed by atoms with Crippen molar-refractivity contribution in [1.29, 1.82) is 0 Å². The molecule has 0 atom stereocenters.